The fraction of sp³-hybridized carbons (Fsp3) is 0.500. The summed E-state index contributed by atoms with van der Waals surface area (Å²) in [6.45, 7) is 2.56. The van der Waals surface area contributed by atoms with Crippen molar-refractivity contribution in [2.75, 3.05) is 33.4 Å². The van der Waals surface area contributed by atoms with Crippen LogP contribution in [0.1, 0.15) is 28.8 Å². The highest BCUT2D eigenvalue weighted by Crippen LogP contribution is 2.20. The van der Waals surface area contributed by atoms with Crippen molar-refractivity contribution in [3.63, 3.8) is 0 Å². The van der Waals surface area contributed by atoms with E-state index in [0.29, 0.717) is 17.0 Å². The Morgan fingerprint density at radius 3 is 2.95 bits per heavy atom. The second-order valence-corrected chi connectivity index (χ2v) is 5.12. The topological polar surface area (TPSA) is 68.5 Å². The van der Waals surface area contributed by atoms with Gasteiger partial charge in [0.2, 0.25) is 0 Å². The van der Waals surface area contributed by atoms with Gasteiger partial charge in [-0.05, 0) is 24.8 Å². The SMILES string of the molecule is COCC1CCN(C(=O)c2ccncc2C#CCN)CC1. The number of piperidine rings is 1. The highest BCUT2D eigenvalue weighted by atomic mass is 16.5. The zero-order chi connectivity index (χ0) is 15.1. The molecule has 0 saturated carbocycles. The Balaban J connectivity index is 2.07. The van der Waals surface area contributed by atoms with Gasteiger partial charge in [0, 0.05) is 39.2 Å². The number of hydrogen-bond donors (Lipinski definition) is 1. The maximum absolute atomic E-state index is 12.6. The van der Waals surface area contributed by atoms with Gasteiger partial charge in [-0.15, -0.1) is 0 Å². The first-order chi connectivity index (χ1) is 10.3. The largest absolute Gasteiger partial charge is 0.384 e. The lowest BCUT2D eigenvalue weighted by Gasteiger charge is -2.31. The lowest BCUT2D eigenvalue weighted by Crippen LogP contribution is -2.39. The van der Waals surface area contributed by atoms with Crippen molar-refractivity contribution >= 4 is 5.91 Å². The molecule has 2 rings (SSSR count). The average molecular weight is 287 g/mol. The first-order valence-electron chi connectivity index (χ1n) is 7.17. The first kappa shape index (κ1) is 15.5. The number of methoxy groups -OCH3 is 1. The van der Waals surface area contributed by atoms with Gasteiger partial charge in [-0.25, -0.2) is 0 Å². The van der Waals surface area contributed by atoms with Gasteiger partial charge in [-0.1, -0.05) is 11.8 Å². The van der Waals surface area contributed by atoms with Gasteiger partial charge in [0.25, 0.3) is 5.91 Å². The zero-order valence-corrected chi connectivity index (χ0v) is 12.3. The molecule has 1 amide bonds. The molecule has 5 heteroatoms. The highest BCUT2D eigenvalue weighted by Gasteiger charge is 2.24. The molecule has 1 aliphatic rings. The summed E-state index contributed by atoms with van der Waals surface area (Å²) in [7, 11) is 1.72. The summed E-state index contributed by atoms with van der Waals surface area (Å²) in [5.74, 6) is 6.27. The monoisotopic (exact) mass is 287 g/mol. The summed E-state index contributed by atoms with van der Waals surface area (Å²) >= 11 is 0. The van der Waals surface area contributed by atoms with E-state index < -0.39 is 0 Å². The molecule has 1 aliphatic heterocycles. The van der Waals surface area contributed by atoms with E-state index in [0.717, 1.165) is 32.5 Å². The standard InChI is InChI=1S/C16H21N3O2/c1-21-12-13-5-9-19(10-6-13)16(20)15-4-8-18-11-14(15)3-2-7-17/h4,8,11,13H,5-7,9-10,12,17H2,1H3. The fourth-order valence-electron chi connectivity index (χ4n) is 2.54. The summed E-state index contributed by atoms with van der Waals surface area (Å²) < 4.78 is 5.18. The number of rotatable bonds is 3. The van der Waals surface area contributed by atoms with Crippen LogP contribution < -0.4 is 5.73 Å². The fourth-order valence-corrected chi connectivity index (χ4v) is 2.54. The predicted molar refractivity (Wildman–Crippen MR) is 80.7 cm³/mol. The van der Waals surface area contributed by atoms with Crippen molar-refractivity contribution in [2.24, 2.45) is 11.7 Å². The van der Waals surface area contributed by atoms with E-state index in [-0.39, 0.29) is 12.5 Å². The third-order valence-corrected chi connectivity index (χ3v) is 3.68. The number of amides is 1. The molecule has 2 N–H and O–H groups in total. The van der Waals surface area contributed by atoms with Crippen molar-refractivity contribution in [1.82, 2.24) is 9.88 Å². The number of carbonyl (C=O) groups excluding carboxylic acids is 1. The predicted octanol–water partition coefficient (Wildman–Crippen LogP) is 0.890. The Labute approximate surface area is 125 Å². The van der Waals surface area contributed by atoms with Crippen molar-refractivity contribution in [1.29, 1.82) is 0 Å². The summed E-state index contributed by atoms with van der Waals surface area (Å²) in [5.41, 5.74) is 6.64. The molecular formula is C16H21N3O2. The van der Waals surface area contributed by atoms with Gasteiger partial charge < -0.3 is 15.4 Å². The molecule has 0 aliphatic carbocycles. The third kappa shape index (κ3) is 4.03. The zero-order valence-electron chi connectivity index (χ0n) is 12.3. The molecule has 1 fully saturated rings. The van der Waals surface area contributed by atoms with Crippen LogP contribution in [0.3, 0.4) is 0 Å². The maximum atomic E-state index is 12.6. The molecule has 0 atom stereocenters. The molecule has 21 heavy (non-hydrogen) atoms. The smallest absolute Gasteiger partial charge is 0.255 e. The van der Waals surface area contributed by atoms with Crippen LogP contribution in [0, 0.1) is 17.8 Å². The van der Waals surface area contributed by atoms with Crippen LogP contribution in [-0.2, 0) is 4.74 Å². The second kappa shape index (κ2) is 7.77. The van der Waals surface area contributed by atoms with Crippen molar-refractivity contribution < 1.29 is 9.53 Å². The molecular weight excluding hydrogens is 266 g/mol. The minimum Gasteiger partial charge on any atom is -0.384 e. The Bertz CT molecular complexity index is 540. The molecule has 0 aromatic carbocycles. The van der Waals surface area contributed by atoms with Crippen LogP contribution >= 0.6 is 0 Å². The van der Waals surface area contributed by atoms with E-state index in [1.54, 1.807) is 25.6 Å². The summed E-state index contributed by atoms with van der Waals surface area (Å²) in [4.78, 5) is 18.5. The summed E-state index contributed by atoms with van der Waals surface area (Å²) in [5, 5.41) is 0. The molecule has 1 saturated heterocycles. The molecule has 0 radical (unpaired) electrons. The van der Waals surface area contributed by atoms with Crippen LogP contribution in [0.15, 0.2) is 18.5 Å². The molecule has 1 aromatic heterocycles. The number of carbonyl (C=O) groups is 1. The highest BCUT2D eigenvalue weighted by molar-refractivity contribution is 5.96. The van der Waals surface area contributed by atoms with Crippen molar-refractivity contribution in [2.45, 2.75) is 12.8 Å². The number of nitrogens with two attached hydrogens (primary N) is 1. The van der Waals surface area contributed by atoms with Crippen molar-refractivity contribution in [3.8, 4) is 11.8 Å². The molecule has 0 unspecified atom stereocenters. The van der Waals surface area contributed by atoms with Gasteiger partial charge >= 0.3 is 0 Å². The number of nitrogens with zero attached hydrogens (tertiary/aromatic N) is 2. The summed E-state index contributed by atoms with van der Waals surface area (Å²) in [6, 6.07) is 1.73. The maximum Gasteiger partial charge on any atom is 0.255 e. The number of pyridine rings is 1. The van der Waals surface area contributed by atoms with Crippen LogP contribution in [0.25, 0.3) is 0 Å². The van der Waals surface area contributed by atoms with E-state index >= 15 is 0 Å². The molecule has 112 valence electrons. The van der Waals surface area contributed by atoms with Gasteiger partial charge in [-0.3, -0.25) is 9.78 Å². The summed E-state index contributed by atoms with van der Waals surface area (Å²) in [6.07, 6.45) is 5.20. The minimum absolute atomic E-state index is 0.0228. The van der Waals surface area contributed by atoms with Crippen LogP contribution in [-0.4, -0.2) is 49.1 Å². The lowest BCUT2D eigenvalue weighted by molar-refractivity contribution is 0.0613. The Morgan fingerprint density at radius 1 is 1.52 bits per heavy atom. The average Bonchev–Trinajstić information content (AvgIpc) is 2.53. The molecule has 2 heterocycles. The van der Waals surface area contributed by atoms with Crippen LogP contribution in [0.4, 0.5) is 0 Å². The number of ether oxygens (including phenoxy) is 1. The molecule has 1 aromatic rings. The number of likely N-dealkylation sites (tertiary alicyclic amines) is 1. The molecule has 0 spiro atoms. The normalized spacial score (nSPS) is 15.4. The Morgan fingerprint density at radius 2 is 2.29 bits per heavy atom. The van der Waals surface area contributed by atoms with Gasteiger partial charge in [0.15, 0.2) is 0 Å². The van der Waals surface area contributed by atoms with Gasteiger partial charge in [-0.2, -0.15) is 0 Å². The van der Waals surface area contributed by atoms with E-state index in [9.17, 15) is 4.79 Å². The third-order valence-electron chi connectivity index (χ3n) is 3.68. The van der Waals surface area contributed by atoms with Crippen LogP contribution in [0.5, 0.6) is 0 Å². The number of hydrogen-bond acceptors (Lipinski definition) is 4. The Kier molecular flexibility index (Phi) is 5.73. The minimum atomic E-state index is 0.0228. The lowest BCUT2D eigenvalue weighted by atomic mass is 9.97. The van der Waals surface area contributed by atoms with Crippen molar-refractivity contribution in [3.05, 3.63) is 29.6 Å². The van der Waals surface area contributed by atoms with E-state index in [2.05, 4.69) is 16.8 Å². The quantitative estimate of drug-likeness (QED) is 0.838. The van der Waals surface area contributed by atoms with E-state index in [4.69, 9.17) is 10.5 Å². The van der Waals surface area contributed by atoms with Gasteiger partial charge in [0.05, 0.1) is 17.7 Å². The van der Waals surface area contributed by atoms with E-state index in [1.165, 1.54) is 0 Å². The van der Waals surface area contributed by atoms with E-state index in [1.807, 2.05) is 4.90 Å². The first-order valence-corrected chi connectivity index (χ1v) is 7.17. The Hall–Kier alpha value is -1.90. The molecule has 0 bridgehead atoms. The number of aromatic nitrogens is 1. The second-order valence-electron chi connectivity index (χ2n) is 5.12. The van der Waals surface area contributed by atoms with Crippen LogP contribution in [0.2, 0.25) is 0 Å². The molecule has 5 nitrogen and oxygen atoms in total. The van der Waals surface area contributed by atoms with Gasteiger partial charge in [0.1, 0.15) is 0 Å².